The van der Waals surface area contributed by atoms with Gasteiger partial charge in [-0.05, 0) is 60.7 Å². The predicted octanol–water partition coefficient (Wildman–Crippen LogP) is 5.73. The fourth-order valence-corrected chi connectivity index (χ4v) is 4.47. The van der Waals surface area contributed by atoms with Crippen molar-refractivity contribution in [2.45, 2.75) is 4.90 Å². The minimum absolute atomic E-state index is 0.0260. The summed E-state index contributed by atoms with van der Waals surface area (Å²) in [6.07, 6.45) is 0. The highest BCUT2D eigenvalue weighted by atomic mass is 35.5. The first-order chi connectivity index (χ1) is 14.6. The maximum Gasteiger partial charge on any atom is 0.264 e. The van der Waals surface area contributed by atoms with Gasteiger partial charge in [0.15, 0.2) is 0 Å². The van der Waals surface area contributed by atoms with Gasteiger partial charge in [-0.2, -0.15) is 0 Å². The zero-order valence-corrected chi connectivity index (χ0v) is 19.5. The van der Waals surface area contributed by atoms with Gasteiger partial charge >= 0.3 is 0 Å². The largest absolute Gasteiger partial charge is 0.497 e. The topological polar surface area (TPSA) is 75.7 Å². The number of nitrogens with zero attached hydrogens (tertiary/aromatic N) is 1. The lowest BCUT2D eigenvalue weighted by molar-refractivity contribution is 0.102. The van der Waals surface area contributed by atoms with Crippen LogP contribution in [0.3, 0.4) is 0 Å². The van der Waals surface area contributed by atoms with Gasteiger partial charge in [0.25, 0.3) is 15.9 Å². The molecule has 0 aromatic heterocycles. The molecule has 0 aliphatic rings. The summed E-state index contributed by atoms with van der Waals surface area (Å²) in [6.45, 7) is 0. The summed E-state index contributed by atoms with van der Waals surface area (Å²) in [7, 11) is -1.03. The number of halogens is 3. The van der Waals surface area contributed by atoms with Crippen LogP contribution in [0.15, 0.2) is 65.6 Å². The molecule has 0 spiro atoms. The van der Waals surface area contributed by atoms with E-state index in [-0.39, 0.29) is 26.2 Å². The van der Waals surface area contributed by atoms with Crippen molar-refractivity contribution in [1.29, 1.82) is 0 Å². The van der Waals surface area contributed by atoms with Crippen LogP contribution in [0, 0.1) is 0 Å². The van der Waals surface area contributed by atoms with Crippen molar-refractivity contribution in [1.82, 2.24) is 0 Å². The lowest BCUT2D eigenvalue weighted by Gasteiger charge is -2.20. The summed E-state index contributed by atoms with van der Waals surface area (Å²) >= 11 is 18.2. The second-order valence-electron chi connectivity index (χ2n) is 6.39. The molecular weight excluding hydrogens is 483 g/mol. The van der Waals surface area contributed by atoms with Crippen LogP contribution in [0.2, 0.25) is 15.1 Å². The molecule has 3 rings (SSSR count). The van der Waals surface area contributed by atoms with Crippen LogP contribution in [0.5, 0.6) is 5.75 Å². The number of carbonyl (C=O) groups excluding carboxylic acids is 1. The number of hydrogen-bond donors (Lipinski definition) is 1. The van der Waals surface area contributed by atoms with Crippen LogP contribution in [-0.4, -0.2) is 28.5 Å². The SMILES string of the molecule is COc1ccc(N(C)S(=O)(=O)c2ccc(Cl)c(C(=O)Nc3cc(Cl)ccc3Cl)c2)cc1. The Hall–Kier alpha value is -2.45. The predicted molar refractivity (Wildman–Crippen MR) is 124 cm³/mol. The molecule has 0 saturated heterocycles. The normalized spacial score (nSPS) is 11.1. The highest BCUT2D eigenvalue weighted by Gasteiger charge is 2.24. The van der Waals surface area contributed by atoms with Crippen LogP contribution < -0.4 is 14.4 Å². The average molecular weight is 500 g/mol. The van der Waals surface area contributed by atoms with Crippen molar-refractivity contribution in [3.63, 3.8) is 0 Å². The lowest BCUT2D eigenvalue weighted by atomic mass is 10.2. The number of ether oxygens (including phenoxy) is 1. The van der Waals surface area contributed by atoms with E-state index in [1.807, 2.05) is 0 Å². The molecule has 0 aliphatic carbocycles. The van der Waals surface area contributed by atoms with Crippen LogP contribution in [0.4, 0.5) is 11.4 Å². The molecule has 10 heteroatoms. The zero-order chi connectivity index (χ0) is 22.8. The Morgan fingerprint density at radius 2 is 1.58 bits per heavy atom. The Labute approximate surface area is 195 Å². The Balaban J connectivity index is 1.93. The van der Waals surface area contributed by atoms with Gasteiger partial charge < -0.3 is 10.1 Å². The monoisotopic (exact) mass is 498 g/mol. The van der Waals surface area contributed by atoms with Gasteiger partial charge in [0, 0.05) is 12.1 Å². The summed E-state index contributed by atoms with van der Waals surface area (Å²) in [4.78, 5) is 12.7. The van der Waals surface area contributed by atoms with Gasteiger partial charge in [-0.25, -0.2) is 8.42 Å². The Kier molecular flexibility index (Phi) is 7.01. The second-order valence-corrected chi connectivity index (χ2v) is 9.61. The second kappa shape index (κ2) is 9.36. The van der Waals surface area contributed by atoms with Crippen LogP contribution >= 0.6 is 34.8 Å². The molecule has 0 unspecified atom stereocenters. The molecule has 0 radical (unpaired) electrons. The molecule has 0 saturated carbocycles. The molecule has 1 amide bonds. The average Bonchev–Trinajstić information content (AvgIpc) is 2.75. The van der Waals surface area contributed by atoms with Crippen molar-refractivity contribution in [2.24, 2.45) is 0 Å². The molecule has 0 heterocycles. The molecule has 31 heavy (non-hydrogen) atoms. The first-order valence-corrected chi connectivity index (χ1v) is 11.4. The highest BCUT2D eigenvalue weighted by molar-refractivity contribution is 7.92. The number of carbonyl (C=O) groups is 1. The fourth-order valence-electron chi connectivity index (χ4n) is 2.71. The molecule has 0 atom stereocenters. The first kappa shape index (κ1) is 23.2. The summed E-state index contributed by atoms with van der Waals surface area (Å²) in [5.41, 5.74) is 0.674. The van der Waals surface area contributed by atoms with Crippen molar-refractivity contribution < 1.29 is 17.9 Å². The maximum atomic E-state index is 13.1. The fraction of sp³-hybridized carbons (Fsp3) is 0.0952. The third-order valence-corrected chi connectivity index (χ3v) is 7.13. The van der Waals surface area contributed by atoms with E-state index in [1.54, 1.807) is 30.3 Å². The molecular formula is C21H17Cl3N2O4S. The summed E-state index contributed by atoms with van der Waals surface area (Å²) in [5, 5.41) is 3.34. The van der Waals surface area contributed by atoms with E-state index in [0.717, 1.165) is 4.31 Å². The number of benzene rings is 3. The van der Waals surface area contributed by atoms with Gasteiger partial charge in [0.2, 0.25) is 0 Å². The van der Waals surface area contributed by atoms with E-state index in [9.17, 15) is 13.2 Å². The molecule has 0 aliphatic heterocycles. The molecule has 0 bridgehead atoms. The number of hydrogen-bond acceptors (Lipinski definition) is 4. The molecule has 3 aromatic rings. The van der Waals surface area contributed by atoms with Crippen molar-refractivity contribution in [2.75, 3.05) is 23.8 Å². The summed E-state index contributed by atoms with van der Waals surface area (Å²) in [5.74, 6) is -0.0296. The van der Waals surface area contributed by atoms with Crippen molar-refractivity contribution in [3.05, 3.63) is 81.3 Å². The lowest BCUT2D eigenvalue weighted by Crippen LogP contribution is -2.27. The number of sulfonamides is 1. The van der Waals surface area contributed by atoms with Crippen LogP contribution in [-0.2, 0) is 10.0 Å². The number of nitrogens with one attached hydrogen (secondary N) is 1. The molecule has 162 valence electrons. The van der Waals surface area contributed by atoms with Gasteiger partial charge in [0.1, 0.15) is 5.75 Å². The smallest absolute Gasteiger partial charge is 0.264 e. The van der Waals surface area contributed by atoms with Crippen molar-refractivity contribution >= 4 is 62.1 Å². The van der Waals surface area contributed by atoms with E-state index in [1.165, 1.54) is 44.5 Å². The minimum Gasteiger partial charge on any atom is -0.497 e. The van der Waals surface area contributed by atoms with Crippen molar-refractivity contribution in [3.8, 4) is 5.75 Å². The number of anilines is 2. The van der Waals surface area contributed by atoms with Gasteiger partial charge in [-0.1, -0.05) is 34.8 Å². The van der Waals surface area contributed by atoms with E-state index < -0.39 is 15.9 Å². The van der Waals surface area contributed by atoms with Crippen LogP contribution in [0.25, 0.3) is 0 Å². The Morgan fingerprint density at radius 1 is 0.935 bits per heavy atom. The zero-order valence-electron chi connectivity index (χ0n) is 16.4. The highest BCUT2D eigenvalue weighted by Crippen LogP contribution is 2.29. The standard InChI is InChI=1S/C21H17Cl3N2O4S/c1-26(14-4-6-15(30-2)7-5-14)31(28,29)16-8-10-18(23)17(12-16)21(27)25-20-11-13(22)3-9-19(20)24/h3-12H,1-2H3,(H,25,27). The number of rotatable bonds is 6. The number of methoxy groups -OCH3 is 1. The molecule has 0 fully saturated rings. The van der Waals surface area contributed by atoms with E-state index in [0.29, 0.717) is 16.5 Å². The minimum atomic E-state index is -3.97. The van der Waals surface area contributed by atoms with Gasteiger partial charge in [0.05, 0.1) is 39.0 Å². The Morgan fingerprint density at radius 3 is 2.23 bits per heavy atom. The van der Waals surface area contributed by atoms with Crippen LogP contribution in [0.1, 0.15) is 10.4 Å². The van der Waals surface area contributed by atoms with E-state index in [2.05, 4.69) is 5.32 Å². The van der Waals surface area contributed by atoms with Gasteiger partial charge in [-0.15, -0.1) is 0 Å². The first-order valence-electron chi connectivity index (χ1n) is 8.82. The summed E-state index contributed by atoms with van der Waals surface area (Å²) in [6, 6.07) is 15.0. The summed E-state index contributed by atoms with van der Waals surface area (Å²) < 4.78 is 32.4. The molecule has 3 aromatic carbocycles. The number of amides is 1. The third kappa shape index (κ3) is 5.07. The van der Waals surface area contributed by atoms with Gasteiger partial charge in [-0.3, -0.25) is 9.10 Å². The third-order valence-electron chi connectivity index (χ3n) is 4.45. The van der Waals surface area contributed by atoms with E-state index >= 15 is 0 Å². The maximum absolute atomic E-state index is 13.1. The molecule has 1 N–H and O–H groups in total. The van der Waals surface area contributed by atoms with E-state index in [4.69, 9.17) is 39.5 Å². The Bertz CT molecular complexity index is 1230. The quantitative estimate of drug-likeness (QED) is 0.470. The molecule has 6 nitrogen and oxygen atoms in total.